The molecule has 146 valence electrons. The highest BCUT2D eigenvalue weighted by Gasteiger charge is 2.20. The smallest absolute Gasteiger partial charge is 0.229 e. The van der Waals surface area contributed by atoms with Gasteiger partial charge >= 0.3 is 0 Å². The molecule has 2 aromatic heterocycles. The number of piperidine rings is 1. The van der Waals surface area contributed by atoms with Gasteiger partial charge in [-0.2, -0.15) is 4.98 Å². The molecule has 7 nitrogen and oxygen atoms in total. The van der Waals surface area contributed by atoms with Crippen LogP contribution in [-0.2, 0) is 0 Å². The van der Waals surface area contributed by atoms with Gasteiger partial charge in [-0.25, -0.2) is 9.97 Å². The van der Waals surface area contributed by atoms with Crippen molar-refractivity contribution in [1.29, 1.82) is 0 Å². The molecule has 1 saturated heterocycles. The predicted octanol–water partition coefficient (Wildman–Crippen LogP) is 3.54. The Hall–Kier alpha value is -2.20. The van der Waals surface area contributed by atoms with E-state index in [4.69, 9.17) is 0 Å². The normalized spacial score (nSPS) is 15.2. The minimum atomic E-state index is 0.573. The van der Waals surface area contributed by atoms with Crippen LogP contribution in [0.2, 0.25) is 0 Å². The Balaban J connectivity index is 1.43. The predicted molar refractivity (Wildman–Crippen MR) is 121 cm³/mol. The zero-order chi connectivity index (χ0) is 19.5. The van der Waals surface area contributed by atoms with E-state index in [2.05, 4.69) is 91.0 Å². The van der Waals surface area contributed by atoms with Crippen LogP contribution in [0.3, 0.4) is 0 Å². The zero-order valence-corrected chi connectivity index (χ0v) is 18.2. The van der Waals surface area contributed by atoms with E-state index in [-0.39, 0.29) is 0 Å². The third kappa shape index (κ3) is 4.27. The lowest BCUT2D eigenvalue weighted by Crippen LogP contribution is -2.41. The van der Waals surface area contributed by atoms with Gasteiger partial charge in [0.05, 0.1) is 3.57 Å². The molecule has 8 heteroatoms. The van der Waals surface area contributed by atoms with Crippen molar-refractivity contribution in [2.24, 2.45) is 0 Å². The molecule has 0 aliphatic carbocycles. The number of nitrogens with zero attached hydrogens (tertiary/aromatic N) is 6. The lowest BCUT2D eigenvalue weighted by Gasteiger charge is -2.36. The summed E-state index contributed by atoms with van der Waals surface area (Å²) in [5.41, 5.74) is 2.25. The van der Waals surface area contributed by atoms with Gasteiger partial charge in [0.25, 0.3) is 0 Å². The summed E-state index contributed by atoms with van der Waals surface area (Å²) in [4.78, 5) is 17.9. The number of anilines is 3. The second kappa shape index (κ2) is 8.44. The summed E-state index contributed by atoms with van der Waals surface area (Å²) in [5.74, 6) is 1.39. The molecule has 3 heterocycles. The van der Waals surface area contributed by atoms with Crippen LogP contribution >= 0.6 is 22.6 Å². The molecule has 1 aliphatic heterocycles. The third-order valence-electron chi connectivity index (χ3n) is 5.16. The second-order valence-electron chi connectivity index (χ2n) is 7.19. The molecule has 1 N–H and O–H groups in total. The van der Waals surface area contributed by atoms with Crippen molar-refractivity contribution >= 4 is 39.9 Å². The average molecular weight is 489 g/mol. The van der Waals surface area contributed by atoms with Crippen molar-refractivity contribution in [2.75, 3.05) is 37.4 Å². The second-order valence-corrected chi connectivity index (χ2v) is 8.35. The molecule has 0 bridgehead atoms. The SMILES string of the molecule is CN(C)C1CCN(c2ccc(Nc3ncc(I)c(-n4ccnc4)n3)cc2)CC1. The van der Waals surface area contributed by atoms with Crippen molar-refractivity contribution in [2.45, 2.75) is 18.9 Å². The van der Waals surface area contributed by atoms with Gasteiger partial charge < -0.3 is 15.1 Å². The number of aromatic nitrogens is 4. The minimum absolute atomic E-state index is 0.573. The van der Waals surface area contributed by atoms with Crippen LogP contribution in [0.5, 0.6) is 0 Å². The van der Waals surface area contributed by atoms with Gasteiger partial charge in [0.1, 0.15) is 6.33 Å². The Morgan fingerprint density at radius 2 is 1.89 bits per heavy atom. The number of nitrogens with one attached hydrogen (secondary N) is 1. The third-order valence-corrected chi connectivity index (χ3v) is 5.92. The molecule has 1 fully saturated rings. The largest absolute Gasteiger partial charge is 0.371 e. The molecule has 28 heavy (non-hydrogen) atoms. The Bertz CT molecular complexity index is 901. The van der Waals surface area contributed by atoms with Crippen molar-refractivity contribution in [3.05, 3.63) is 52.8 Å². The minimum Gasteiger partial charge on any atom is -0.371 e. The van der Waals surface area contributed by atoms with Crippen LogP contribution in [0.15, 0.2) is 49.2 Å². The van der Waals surface area contributed by atoms with E-state index in [0.717, 1.165) is 28.2 Å². The molecule has 1 aromatic carbocycles. The quantitative estimate of drug-likeness (QED) is 0.554. The van der Waals surface area contributed by atoms with Crippen LogP contribution < -0.4 is 10.2 Å². The molecule has 0 spiro atoms. The summed E-state index contributed by atoms with van der Waals surface area (Å²) >= 11 is 2.23. The number of imidazole rings is 1. The Morgan fingerprint density at radius 3 is 2.54 bits per heavy atom. The summed E-state index contributed by atoms with van der Waals surface area (Å²) in [5, 5.41) is 3.30. The first-order valence-corrected chi connectivity index (χ1v) is 10.5. The van der Waals surface area contributed by atoms with Crippen molar-refractivity contribution in [3.63, 3.8) is 0 Å². The number of hydrogen-bond donors (Lipinski definition) is 1. The molecule has 1 aliphatic rings. The van der Waals surface area contributed by atoms with E-state index >= 15 is 0 Å². The zero-order valence-electron chi connectivity index (χ0n) is 16.1. The lowest BCUT2D eigenvalue weighted by molar-refractivity contribution is 0.249. The Labute approximate surface area is 179 Å². The molecule has 0 amide bonds. The lowest BCUT2D eigenvalue weighted by atomic mass is 10.0. The highest BCUT2D eigenvalue weighted by Crippen LogP contribution is 2.24. The fourth-order valence-electron chi connectivity index (χ4n) is 3.51. The first kappa shape index (κ1) is 19.1. The van der Waals surface area contributed by atoms with E-state index < -0.39 is 0 Å². The molecule has 0 atom stereocenters. The molecule has 0 saturated carbocycles. The number of rotatable bonds is 5. The van der Waals surface area contributed by atoms with Crippen LogP contribution in [0, 0.1) is 3.57 Å². The van der Waals surface area contributed by atoms with Crippen molar-refractivity contribution in [1.82, 2.24) is 24.4 Å². The van der Waals surface area contributed by atoms with Crippen LogP contribution in [0.4, 0.5) is 17.3 Å². The van der Waals surface area contributed by atoms with E-state index in [1.165, 1.54) is 18.5 Å². The summed E-state index contributed by atoms with van der Waals surface area (Å²) in [7, 11) is 4.34. The topological polar surface area (TPSA) is 62.1 Å². The fraction of sp³-hybridized carbons (Fsp3) is 0.350. The average Bonchev–Trinajstić information content (AvgIpc) is 3.25. The van der Waals surface area contributed by atoms with Gasteiger partial charge in [-0.15, -0.1) is 0 Å². The van der Waals surface area contributed by atoms with E-state index in [0.29, 0.717) is 12.0 Å². The van der Waals surface area contributed by atoms with Crippen molar-refractivity contribution < 1.29 is 0 Å². The molecule has 0 unspecified atom stereocenters. The maximum Gasteiger partial charge on any atom is 0.229 e. The standard InChI is InChI=1S/C20H24IN7/c1-26(2)16-7-10-27(11-8-16)17-5-3-15(4-6-17)24-20-23-13-18(21)19(25-20)28-12-9-22-14-28/h3-6,9,12-14,16H,7-8,10-11H2,1-2H3,(H,23,24,25). The van der Waals surface area contributed by atoms with Gasteiger partial charge in [-0.05, 0) is 73.8 Å². The number of benzene rings is 1. The highest BCUT2D eigenvalue weighted by molar-refractivity contribution is 14.1. The molecule has 4 rings (SSSR count). The van der Waals surface area contributed by atoms with Gasteiger partial charge in [0.2, 0.25) is 5.95 Å². The van der Waals surface area contributed by atoms with Crippen LogP contribution in [0.1, 0.15) is 12.8 Å². The van der Waals surface area contributed by atoms with Gasteiger partial charge in [0, 0.05) is 49.1 Å². The van der Waals surface area contributed by atoms with E-state index in [1.54, 1.807) is 12.5 Å². The van der Waals surface area contributed by atoms with Gasteiger partial charge in [-0.1, -0.05) is 0 Å². The summed E-state index contributed by atoms with van der Waals surface area (Å²) in [6, 6.07) is 9.21. The van der Waals surface area contributed by atoms with E-state index in [9.17, 15) is 0 Å². The van der Waals surface area contributed by atoms with E-state index in [1.807, 2.05) is 17.0 Å². The molecular weight excluding hydrogens is 465 g/mol. The number of hydrogen-bond acceptors (Lipinski definition) is 6. The van der Waals surface area contributed by atoms with Crippen LogP contribution in [-0.4, -0.2) is 57.6 Å². The van der Waals surface area contributed by atoms with Gasteiger partial charge in [-0.3, -0.25) is 4.57 Å². The molecular formula is C20H24IN7. The van der Waals surface area contributed by atoms with Crippen molar-refractivity contribution in [3.8, 4) is 5.82 Å². The summed E-state index contributed by atoms with van der Waals surface area (Å²) in [6.07, 6.45) is 9.59. The molecule has 3 aromatic rings. The van der Waals surface area contributed by atoms with Crippen LogP contribution in [0.25, 0.3) is 5.82 Å². The fourth-order valence-corrected chi connectivity index (χ4v) is 4.05. The Morgan fingerprint density at radius 1 is 1.14 bits per heavy atom. The van der Waals surface area contributed by atoms with Gasteiger partial charge in [0.15, 0.2) is 5.82 Å². The highest BCUT2D eigenvalue weighted by atomic mass is 127. The Kier molecular flexibility index (Phi) is 5.77. The number of halogens is 1. The first-order chi connectivity index (χ1) is 13.6. The summed E-state index contributed by atoms with van der Waals surface area (Å²) < 4.78 is 2.85. The first-order valence-electron chi connectivity index (χ1n) is 9.39. The molecule has 0 radical (unpaired) electrons. The maximum absolute atomic E-state index is 4.63. The summed E-state index contributed by atoms with van der Waals surface area (Å²) in [6.45, 7) is 2.20. The maximum atomic E-state index is 4.63. The monoisotopic (exact) mass is 489 g/mol.